The highest BCUT2D eigenvalue weighted by atomic mass is 35.5. The second-order valence-electron chi connectivity index (χ2n) is 9.68. The number of anilines is 1. The molecule has 3 aromatic carbocycles. The second-order valence-corrected chi connectivity index (χ2v) is 11.0. The number of thiol groups is 1. The molecular formula is C27H23BClFN2O6S. The van der Waals surface area contributed by atoms with Crippen LogP contribution in [0, 0.1) is 5.82 Å². The number of furan rings is 1. The van der Waals surface area contributed by atoms with E-state index in [0.29, 0.717) is 49.4 Å². The Morgan fingerprint density at radius 3 is 2.62 bits per heavy atom. The van der Waals surface area contributed by atoms with Gasteiger partial charge < -0.3 is 19.4 Å². The highest BCUT2D eigenvalue weighted by molar-refractivity contribution is 7.74. The van der Waals surface area contributed by atoms with Gasteiger partial charge in [-0.05, 0) is 71.8 Å². The van der Waals surface area contributed by atoms with E-state index in [2.05, 4.69) is 5.32 Å². The van der Waals surface area contributed by atoms with Gasteiger partial charge in [-0.1, -0.05) is 17.7 Å². The summed E-state index contributed by atoms with van der Waals surface area (Å²) in [6.45, 7) is 0.175. The molecule has 1 fully saturated rings. The Kier molecular flexibility index (Phi) is 6.62. The van der Waals surface area contributed by atoms with Gasteiger partial charge in [-0.25, -0.2) is 12.8 Å². The van der Waals surface area contributed by atoms with Crippen molar-refractivity contribution < 1.29 is 31.7 Å². The van der Waals surface area contributed by atoms with Crippen molar-refractivity contribution >= 4 is 57.6 Å². The first kappa shape index (κ1) is 25.9. The fraction of sp³-hybridized carbons (Fsp3) is 0.222. The first-order valence-corrected chi connectivity index (χ1v) is 13.9. The van der Waals surface area contributed by atoms with Crippen LogP contribution in [0.25, 0.3) is 22.3 Å². The predicted octanol–water partition coefficient (Wildman–Crippen LogP) is 3.88. The molecule has 12 heteroatoms. The molecule has 8 nitrogen and oxygen atoms in total. The van der Waals surface area contributed by atoms with Gasteiger partial charge in [0, 0.05) is 34.5 Å². The maximum atomic E-state index is 13.6. The molecule has 0 atom stereocenters. The predicted molar refractivity (Wildman–Crippen MR) is 147 cm³/mol. The van der Waals surface area contributed by atoms with Crippen LogP contribution in [-0.2, 0) is 28.7 Å². The Labute approximate surface area is 230 Å². The lowest BCUT2D eigenvalue weighted by Crippen LogP contribution is -2.29. The quantitative estimate of drug-likeness (QED) is 0.231. The molecule has 1 amide bonds. The molecule has 1 aliphatic heterocycles. The monoisotopic (exact) mass is 568 g/mol. The van der Waals surface area contributed by atoms with Crippen LogP contribution in [0.15, 0.2) is 52.9 Å². The zero-order valence-electron chi connectivity index (χ0n) is 20.7. The number of hydrogen-bond donors (Lipinski definition) is 3. The van der Waals surface area contributed by atoms with E-state index in [0.717, 1.165) is 18.4 Å². The van der Waals surface area contributed by atoms with Gasteiger partial charge in [-0.3, -0.25) is 9.10 Å². The van der Waals surface area contributed by atoms with Crippen LogP contribution in [0.5, 0.6) is 0 Å². The molecule has 0 radical (unpaired) electrons. The highest BCUT2D eigenvalue weighted by Crippen LogP contribution is 2.48. The van der Waals surface area contributed by atoms with E-state index in [9.17, 15) is 22.6 Å². The zero-order valence-corrected chi connectivity index (χ0v) is 22.4. The third-order valence-electron chi connectivity index (χ3n) is 7.14. The molecule has 1 saturated carbocycles. The van der Waals surface area contributed by atoms with Crippen LogP contribution in [0.1, 0.15) is 45.8 Å². The fourth-order valence-corrected chi connectivity index (χ4v) is 6.11. The SMILES string of the molecule is CNC(=O)c1c(-c2ccc(F)cc2)oc2cc(N(Cc3cc(Cl)c4c(c3)COB4O)[SH](=O)=O)c(C3CC3)cc12. The van der Waals surface area contributed by atoms with Gasteiger partial charge >= 0.3 is 7.12 Å². The number of carbonyl (C=O) groups is 1. The Balaban J connectivity index is 1.49. The van der Waals surface area contributed by atoms with Crippen LogP contribution in [-0.4, -0.2) is 33.5 Å². The summed E-state index contributed by atoms with van der Waals surface area (Å²) >= 11 is 6.39. The molecule has 2 heterocycles. The fourth-order valence-electron chi connectivity index (χ4n) is 5.13. The van der Waals surface area contributed by atoms with E-state index >= 15 is 0 Å². The summed E-state index contributed by atoms with van der Waals surface area (Å²) in [7, 11) is -2.67. The lowest BCUT2D eigenvalue weighted by atomic mass is 9.79. The number of nitrogens with one attached hydrogen (secondary N) is 1. The van der Waals surface area contributed by atoms with E-state index in [4.69, 9.17) is 20.7 Å². The highest BCUT2D eigenvalue weighted by Gasteiger charge is 2.33. The normalized spacial score (nSPS) is 14.7. The average Bonchev–Trinajstić information content (AvgIpc) is 3.59. The smallest absolute Gasteiger partial charge is 0.455 e. The van der Waals surface area contributed by atoms with Crippen LogP contribution < -0.4 is 15.1 Å². The van der Waals surface area contributed by atoms with Crippen LogP contribution >= 0.6 is 11.6 Å². The van der Waals surface area contributed by atoms with Crippen molar-refractivity contribution in [2.45, 2.75) is 31.9 Å². The summed E-state index contributed by atoms with van der Waals surface area (Å²) < 4.78 is 51.5. The van der Waals surface area contributed by atoms with Gasteiger partial charge in [-0.15, -0.1) is 0 Å². The minimum Gasteiger partial charge on any atom is -0.455 e. The minimum atomic E-state index is -3.07. The van der Waals surface area contributed by atoms with Crippen molar-refractivity contribution in [3.63, 3.8) is 0 Å². The topological polar surface area (TPSA) is 109 Å². The van der Waals surface area contributed by atoms with Gasteiger partial charge in [0.2, 0.25) is 10.9 Å². The second kappa shape index (κ2) is 9.98. The van der Waals surface area contributed by atoms with Crippen molar-refractivity contribution in [3.05, 3.63) is 81.6 Å². The van der Waals surface area contributed by atoms with Crippen LogP contribution in [0.2, 0.25) is 5.02 Å². The lowest BCUT2D eigenvalue weighted by Gasteiger charge is -2.22. The summed E-state index contributed by atoms with van der Waals surface area (Å²) in [5, 5.41) is 13.5. The Hall–Kier alpha value is -3.38. The molecule has 1 aromatic heterocycles. The third kappa shape index (κ3) is 4.69. The maximum absolute atomic E-state index is 13.6. The molecule has 1 aliphatic carbocycles. The number of amides is 1. The standard InChI is InChI=1S/C27H23BClFN2O6S/c1-31-27(33)24-20-10-19(15-2-3-15)22(11-23(20)38-26(24)16-4-6-18(30)7-5-16)32(39(35)36)12-14-8-17-13-37-28(34)25(17)21(29)9-14/h4-11,15,34,39H,2-3,12-13H2,1H3,(H,31,33). The van der Waals surface area contributed by atoms with Crippen molar-refractivity contribution in [1.29, 1.82) is 0 Å². The molecule has 2 N–H and O–H groups in total. The first-order chi connectivity index (χ1) is 18.7. The Bertz CT molecular complexity index is 1700. The van der Waals surface area contributed by atoms with Crippen molar-refractivity contribution in [2.75, 3.05) is 11.4 Å². The van der Waals surface area contributed by atoms with Gasteiger partial charge in [0.05, 0.1) is 24.4 Å². The third-order valence-corrected chi connectivity index (χ3v) is 8.21. The number of halogens is 2. The van der Waals surface area contributed by atoms with Gasteiger partial charge in [0.15, 0.2) is 0 Å². The van der Waals surface area contributed by atoms with E-state index < -0.39 is 23.8 Å². The number of hydrogen-bond acceptors (Lipinski definition) is 6. The van der Waals surface area contributed by atoms with Gasteiger partial charge in [0.25, 0.3) is 5.91 Å². The number of benzene rings is 3. The zero-order chi connectivity index (χ0) is 27.4. The van der Waals surface area contributed by atoms with Crippen molar-refractivity contribution in [3.8, 4) is 11.3 Å². The average molecular weight is 569 g/mol. The van der Waals surface area contributed by atoms with E-state index in [1.165, 1.54) is 35.6 Å². The summed E-state index contributed by atoms with van der Waals surface area (Å²) in [5.41, 5.74) is 4.23. The number of rotatable bonds is 7. The largest absolute Gasteiger partial charge is 0.493 e. The van der Waals surface area contributed by atoms with E-state index in [1.54, 1.807) is 18.2 Å². The molecule has 0 bridgehead atoms. The molecule has 39 heavy (non-hydrogen) atoms. The van der Waals surface area contributed by atoms with Crippen molar-refractivity contribution in [1.82, 2.24) is 5.32 Å². The van der Waals surface area contributed by atoms with Crippen LogP contribution in [0.3, 0.4) is 0 Å². The Morgan fingerprint density at radius 2 is 1.95 bits per heavy atom. The number of carbonyl (C=O) groups excluding carboxylic acids is 1. The first-order valence-electron chi connectivity index (χ1n) is 12.4. The molecule has 0 spiro atoms. The van der Waals surface area contributed by atoms with Gasteiger partial charge in [0.1, 0.15) is 17.2 Å². The molecule has 0 unspecified atom stereocenters. The molecule has 2 aliphatic rings. The Morgan fingerprint density at radius 1 is 1.21 bits per heavy atom. The number of nitrogens with zero attached hydrogens (tertiary/aromatic N) is 1. The van der Waals surface area contributed by atoms with E-state index in [-0.39, 0.29) is 30.7 Å². The molecule has 200 valence electrons. The number of fused-ring (bicyclic) bond motifs is 2. The van der Waals surface area contributed by atoms with Crippen molar-refractivity contribution in [2.24, 2.45) is 0 Å². The summed E-state index contributed by atoms with van der Waals surface area (Å²) in [4.78, 5) is 13.0. The maximum Gasteiger partial charge on any atom is 0.493 e. The van der Waals surface area contributed by atoms with Crippen LogP contribution in [0.4, 0.5) is 10.1 Å². The summed E-state index contributed by atoms with van der Waals surface area (Å²) in [5.74, 6) is -0.384. The lowest BCUT2D eigenvalue weighted by molar-refractivity contribution is 0.0964. The summed E-state index contributed by atoms with van der Waals surface area (Å²) in [6.07, 6.45) is 1.78. The van der Waals surface area contributed by atoms with E-state index in [1.807, 2.05) is 6.07 Å². The minimum absolute atomic E-state index is 0.000850. The molecule has 4 aromatic rings. The molecule has 0 saturated heterocycles. The molecule has 6 rings (SSSR count). The summed E-state index contributed by atoms with van der Waals surface area (Å²) in [6, 6.07) is 12.5. The molecular weight excluding hydrogens is 546 g/mol. The van der Waals surface area contributed by atoms with Gasteiger partial charge in [-0.2, -0.15) is 0 Å².